The standard InChI is InChI=1S/C24H43O3PS.H3O3PS/c1-3-5-7-9-11-13-18-22-25-28(29,27-24-20-16-15-17-21-24)26-23-19-14-12-10-8-6-4-2;1-4(2,3)5/h15-17,20-21H,3-14,18-19,22-23H2,1-2H3;(H3,1,2,3,5). The summed E-state index contributed by atoms with van der Waals surface area (Å²) in [5.74, 6) is 0.731. The summed E-state index contributed by atoms with van der Waals surface area (Å²) in [6.45, 7) is -0.806. The van der Waals surface area contributed by atoms with Crippen LogP contribution in [0.25, 0.3) is 0 Å². The van der Waals surface area contributed by atoms with E-state index in [1.165, 1.54) is 77.0 Å². The summed E-state index contributed by atoms with van der Waals surface area (Å²) in [6.07, 6.45) is 17.5. The Labute approximate surface area is 217 Å². The zero-order chi connectivity index (χ0) is 25.5. The minimum Gasteiger partial charge on any atom is -0.424 e. The molecule has 0 saturated heterocycles. The van der Waals surface area contributed by atoms with Crippen LogP contribution < -0.4 is 4.52 Å². The van der Waals surface area contributed by atoms with E-state index in [-0.39, 0.29) is 0 Å². The van der Waals surface area contributed by atoms with Crippen LogP contribution in [-0.2, 0) is 32.7 Å². The quantitative estimate of drug-likeness (QED) is 0.110. The Hall–Kier alpha value is 0.120. The predicted molar refractivity (Wildman–Crippen MR) is 150 cm³/mol. The maximum atomic E-state index is 7.56. The van der Waals surface area contributed by atoms with Crippen molar-refractivity contribution in [1.29, 1.82) is 0 Å². The van der Waals surface area contributed by atoms with Gasteiger partial charge >= 0.3 is 13.4 Å². The largest absolute Gasteiger partial charge is 0.424 e. The van der Waals surface area contributed by atoms with Crippen molar-refractivity contribution < 1.29 is 28.3 Å². The fourth-order valence-electron chi connectivity index (χ4n) is 3.17. The molecule has 0 radical (unpaired) electrons. The normalized spacial score (nSPS) is 11.7. The van der Waals surface area contributed by atoms with Gasteiger partial charge in [-0.1, -0.05) is 109 Å². The number of hydrogen-bond acceptors (Lipinski definition) is 5. The lowest BCUT2D eigenvalue weighted by Gasteiger charge is -2.22. The molecule has 0 atom stereocenters. The minimum absolute atomic E-state index is 0.620. The van der Waals surface area contributed by atoms with Crippen LogP contribution >= 0.6 is 13.4 Å². The number of benzene rings is 1. The fraction of sp³-hybridized carbons (Fsp3) is 0.750. The van der Waals surface area contributed by atoms with E-state index in [0.29, 0.717) is 13.2 Å². The molecular formula is C24H46O6P2S2. The number of para-hydroxylation sites is 1. The third-order valence-electron chi connectivity index (χ3n) is 4.96. The van der Waals surface area contributed by atoms with Crippen molar-refractivity contribution in [3.05, 3.63) is 30.3 Å². The highest BCUT2D eigenvalue weighted by molar-refractivity contribution is 8.07. The smallest absolute Gasteiger partial charge is 0.380 e. The van der Waals surface area contributed by atoms with Crippen LogP contribution in [0.2, 0.25) is 0 Å². The second-order valence-corrected chi connectivity index (χ2v) is 13.7. The molecule has 10 heteroatoms. The second kappa shape index (κ2) is 22.3. The van der Waals surface area contributed by atoms with Gasteiger partial charge in [-0.25, -0.2) is 0 Å². The summed E-state index contributed by atoms with van der Waals surface area (Å²) in [7, 11) is 0. The van der Waals surface area contributed by atoms with E-state index in [9.17, 15) is 0 Å². The average molecular weight is 557 g/mol. The highest BCUT2D eigenvalue weighted by Crippen LogP contribution is 2.50. The molecular weight excluding hydrogens is 510 g/mol. The molecule has 0 amide bonds. The molecule has 6 nitrogen and oxygen atoms in total. The first-order valence-corrected chi connectivity index (χ1v) is 17.8. The molecule has 0 aromatic heterocycles. The molecule has 200 valence electrons. The van der Waals surface area contributed by atoms with Crippen molar-refractivity contribution in [3.8, 4) is 5.75 Å². The zero-order valence-corrected chi connectivity index (χ0v) is 24.4. The molecule has 0 saturated carbocycles. The van der Waals surface area contributed by atoms with Gasteiger partial charge in [-0.3, -0.25) is 9.05 Å². The molecule has 1 rings (SSSR count). The van der Waals surface area contributed by atoms with E-state index in [0.717, 1.165) is 18.6 Å². The molecule has 0 aliphatic heterocycles. The van der Waals surface area contributed by atoms with E-state index in [1.54, 1.807) is 0 Å². The first-order chi connectivity index (χ1) is 16.2. The third-order valence-corrected chi connectivity index (χ3v) is 7.24. The molecule has 0 aliphatic carbocycles. The SMILES string of the molecule is CCCCCCCCCOP(=S)(OCCCCCCCCC)Oc1ccccc1.OP(O)(O)=S. The summed E-state index contributed by atoms with van der Waals surface area (Å²) in [6, 6.07) is 9.68. The highest BCUT2D eigenvalue weighted by Gasteiger charge is 2.22. The van der Waals surface area contributed by atoms with Crippen LogP contribution in [-0.4, -0.2) is 27.9 Å². The van der Waals surface area contributed by atoms with Crippen LogP contribution in [0, 0.1) is 0 Å². The van der Waals surface area contributed by atoms with E-state index in [1.807, 2.05) is 30.3 Å². The molecule has 0 spiro atoms. The van der Waals surface area contributed by atoms with Gasteiger partial charge in [0.15, 0.2) is 0 Å². The van der Waals surface area contributed by atoms with Gasteiger partial charge in [-0.05, 0) is 36.8 Å². The predicted octanol–water partition coefficient (Wildman–Crippen LogP) is 8.01. The maximum Gasteiger partial charge on any atom is 0.380 e. The van der Waals surface area contributed by atoms with Crippen molar-refractivity contribution in [3.63, 3.8) is 0 Å². The van der Waals surface area contributed by atoms with Crippen molar-refractivity contribution in [2.45, 2.75) is 104 Å². The summed E-state index contributed by atoms with van der Waals surface area (Å²) in [5.41, 5.74) is 0. The zero-order valence-electron chi connectivity index (χ0n) is 21.0. The fourth-order valence-corrected chi connectivity index (χ4v) is 5.14. The molecule has 1 aromatic carbocycles. The lowest BCUT2D eigenvalue weighted by Crippen LogP contribution is -2.05. The van der Waals surface area contributed by atoms with Crippen LogP contribution in [0.15, 0.2) is 30.3 Å². The Balaban J connectivity index is 0.00000196. The van der Waals surface area contributed by atoms with Crippen LogP contribution in [0.4, 0.5) is 0 Å². The summed E-state index contributed by atoms with van der Waals surface area (Å²) in [4.78, 5) is 22.7. The number of rotatable bonds is 20. The monoisotopic (exact) mass is 556 g/mol. The van der Waals surface area contributed by atoms with Gasteiger partial charge in [-0.15, -0.1) is 0 Å². The topological polar surface area (TPSA) is 88.4 Å². The summed E-state index contributed by atoms with van der Waals surface area (Å²) >= 11 is 9.30. The van der Waals surface area contributed by atoms with Crippen molar-refractivity contribution >= 4 is 37.1 Å². The van der Waals surface area contributed by atoms with Crippen LogP contribution in [0.3, 0.4) is 0 Å². The number of unbranched alkanes of at least 4 members (excludes halogenated alkanes) is 12. The van der Waals surface area contributed by atoms with Crippen LogP contribution in [0.5, 0.6) is 5.75 Å². The van der Waals surface area contributed by atoms with Crippen molar-refractivity contribution in [1.82, 2.24) is 0 Å². The molecule has 0 unspecified atom stereocenters. The third kappa shape index (κ3) is 25.2. The first-order valence-electron chi connectivity index (χ1n) is 12.6. The van der Waals surface area contributed by atoms with E-state index in [4.69, 9.17) is 40.1 Å². The van der Waals surface area contributed by atoms with E-state index >= 15 is 0 Å². The Morgan fingerprint density at radius 3 is 1.35 bits per heavy atom. The van der Waals surface area contributed by atoms with Gasteiger partial charge in [-0.2, -0.15) is 0 Å². The molecule has 1 aromatic rings. The Bertz CT molecular complexity index is 640. The van der Waals surface area contributed by atoms with Crippen molar-refractivity contribution in [2.75, 3.05) is 13.2 Å². The molecule has 3 N–H and O–H groups in total. The Morgan fingerprint density at radius 2 is 0.971 bits per heavy atom. The van der Waals surface area contributed by atoms with Crippen molar-refractivity contribution in [2.24, 2.45) is 0 Å². The van der Waals surface area contributed by atoms with Crippen LogP contribution in [0.1, 0.15) is 104 Å². The van der Waals surface area contributed by atoms with Gasteiger partial charge in [0.25, 0.3) is 0 Å². The van der Waals surface area contributed by atoms with Gasteiger partial charge in [0.1, 0.15) is 5.75 Å². The molecule has 0 heterocycles. The highest BCUT2D eigenvalue weighted by atomic mass is 32.5. The maximum absolute atomic E-state index is 7.56. The van der Waals surface area contributed by atoms with Gasteiger partial charge in [0, 0.05) is 11.8 Å². The lowest BCUT2D eigenvalue weighted by atomic mass is 10.1. The molecule has 0 bridgehead atoms. The Morgan fingerprint density at radius 1 is 0.618 bits per heavy atom. The lowest BCUT2D eigenvalue weighted by molar-refractivity contribution is 0.195. The van der Waals surface area contributed by atoms with Gasteiger partial charge < -0.3 is 19.2 Å². The minimum atomic E-state index is -3.81. The summed E-state index contributed by atoms with van der Waals surface area (Å²) < 4.78 is 18.0. The number of hydrogen-bond donors (Lipinski definition) is 3. The average Bonchev–Trinajstić information content (AvgIpc) is 2.77. The first kappa shape index (κ1) is 34.1. The molecule has 0 aliphatic rings. The van der Waals surface area contributed by atoms with E-state index in [2.05, 4.69) is 25.7 Å². The summed E-state index contributed by atoms with van der Waals surface area (Å²) in [5, 5.41) is 0. The molecule has 34 heavy (non-hydrogen) atoms. The van der Waals surface area contributed by atoms with Gasteiger partial charge in [0.05, 0.1) is 13.2 Å². The van der Waals surface area contributed by atoms with E-state index < -0.39 is 13.4 Å². The molecule has 0 fully saturated rings. The second-order valence-electron chi connectivity index (χ2n) is 8.27. The van der Waals surface area contributed by atoms with Gasteiger partial charge in [0.2, 0.25) is 0 Å². The Kier molecular flexibility index (Phi) is 22.4.